The van der Waals surface area contributed by atoms with Gasteiger partial charge < -0.3 is 14.6 Å². The van der Waals surface area contributed by atoms with E-state index in [1.807, 2.05) is 35.4 Å². The zero-order valence-electron chi connectivity index (χ0n) is 15.1. The molecule has 0 amide bonds. The highest BCUT2D eigenvalue weighted by atomic mass is 32.1. The van der Waals surface area contributed by atoms with Crippen molar-refractivity contribution in [3.8, 4) is 22.1 Å². The molecule has 1 saturated heterocycles. The summed E-state index contributed by atoms with van der Waals surface area (Å²) < 4.78 is 11.0. The van der Waals surface area contributed by atoms with Gasteiger partial charge in [0.25, 0.3) is 0 Å². The largest absolute Gasteiger partial charge is 0.493 e. The Morgan fingerprint density at radius 2 is 2.23 bits per heavy atom. The molecule has 1 N–H and O–H groups in total. The Kier molecular flexibility index (Phi) is 6.11. The highest BCUT2D eigenvalue weighted by molar-refractivity contribution is 7.13. The van der Waals surface area contributed by atoms with Crippen LogP contribution in [-0.2, 0) is 11.3 Å². The molecule has 0 spiro atoms. The van der Waals surface area contributed by atoms with Gasteiger partial charge >= 0.3 is 5.97 Å². The number of carbonyl (C=O) groups is 1. The van der Waals surface area contributed by atoms with Crippen LogP contribution in [0.25, 0.3) is 10.6 Å². The Morgan fingerprint density at radius 3 is 2.96 bits per heavy atom. The van der Waals surface area contributed by atoms with Crippen LogP contribution in [-0.4, -0.2) is 47.3 Å². The molecule has 26 heavy (non-hydrogen) atoms. The number of thiazole rings is 1. The molecule has 1 unspecified atom stereocenters. The number of aromatic nitrogens is 1. The predicted molar refractivity (Wildman–Crippen MR) is 101 cm³/mol. The van der Waals surface area contributed by atoms with E-state index < -0.39 is 12.0 Å². The Bertz CT molecular complexity index is 762. The van der Waals surface area contributed by atoms with Crippen molar-refractivity contribution in [3.05, 3.63) is 29.3 Å². The average molecular weight is 376 g/mol. The van der Waals surface area contributed by atoms with Crippen molar-refractivity contribution in [1.82, 2.24) is 9.88 Å². The van der Waals surface area contributed by atoms with Crippen molar-refractivity contribution in [1.29, 1.82) is 0 Å². The van der Waals surface area contributed by atoms with Crippen molar-refractivity contribution < 1.29 is 19.4 Å². The molecule has 1 aliphatic heterocycles. The van der Waals surface area contributed by atoms with E-state index in [0.717, 1.165) is 35.7 Å². The molecule has 2 heterocycles. The standard InChI is InChI=1S/C19H24N2O4S/c1-3-25-16-8-7-13(10-17(16)24-2)18-20-14(12-26-18)11-21-9-5-4-6-15(21)19(22)23/h7-8,10,12,15H,3-6,9,11H2,1-2H3,(H,22,23). The van der Waals surface area contributed by atoms with Crippen LogP contribution in [0.1, 0.15) is 31.9 Å². The lowest BCUT2D eigenvalue weighted by Crippen LogP contribution is -2.44. The fraction of sp³-hybridized carbons (Fsp3) is 0.474. The Morgan fingerprint density at radius 1 is 1.38 bits per heavy atom. The average Bonchev–Trinajstić information content (AvgIpc) is 3.11. The number of aliphatic carboxylic acids is 1. The third kappa shape index (κ3) is 4.16. The topological polar surface area (TPSA) is 71.9 Å². The molecule has 0 saturated carbocycles. The number of rotatable bonds is 7. The molecule has 0 aliphatic carbocycles. The van der Waals surface area contributed by atoms with Gasteiger partial charge in [0.05, 0.1) is 19.4 Å². The number of piperidine rings is 1. The highest BCUT2D eigenvalue weighted by Crippen LogP contribution is 2.34. The second-order valence-corrected chi connectivity index (χ2v) is 7.12. The van der Waals surface area contributed by atoms with Crippen LogP contribution >= 0.6 is 11.3 Å². The van der Waals surface area contributed by atoms with Crippen molar-refractivity contribution in [2.75, 3.05) is 20.3 Å². The molecule has 1 aliphatic rings. The summed E-state index contributed by atoms with van der Waals surface area (Å²) in [5.41, 5.74) is 1.88. The predicted octanol–water partition coefficient (Wildman–Crippen LogP) is 3.66. The molecule has 7 heteroatoms. The summed E-state index contributed by atoms with van der Waals surface area (Å²) in [6, 6.07) is 5.38. The van der Waals surface area contributed by atoms with Gasteiger partial charge in [-0.3, -0.25) is 9.69 Å². The molecular formula is C19H24N2O4S. The monoisotopic (exact) mass is 376 g/mol. The summed E-state index contributed by atoms with van der Waals surface area (Å²) >= 11 is 1.56. The van der Waals surface area contributed by atoms with Crippen LogP contribution in [0.4, 0.5) is 0 Å². The number of likely N-dealkylation sites (tertiary alicyclic amines) is 1. The third-order valence-corrected chi connectivity index (χ3v) is 5.47. The van der Waals surface area contributed by atoms with E-state index in [4.69, 9.17) is 14.5 Å². The van der Waals surface area contributed by atoms with Gasteiger partial charge in [0.15, 0.2) is 11.5 Å². The summed E-state index contributed by atoms with van der Waals surface area (Å²) in [4.78, 5) is 18.2. The molecule has 6 nitrogen and oxygen atoms in total. The van der Waals surface area contributed by atoms with Crippen LogP contribution in [0, 0.1) is 0 Å². The van der Waals surface area contributed by atoms with Crippen molar-refractivity contribution in [2.24, 2.45) is 0 Å². The van der Waals surface area contributed by atoms with E-state index in [1.165, 1.54) is 0 Å². The second kappa shape index (κ2) is 8.51. The van der Waals surface area contributed by atoms with Crippen LogP contribution in [0.2, 0.25) is 0 Å². The lowest BCUT2D eigenvalue weighted by Gasteiger charge is -2.32. The van der Waals surface area contributed by atoms with Gasteiger partial charge in [-0.25, -0.2) is 4.98 Å². The number of benzene rings is 1. The minimum atomic E-state index is -0.739. The minimum absolute atomic E-state index is 0.403. The summed E-state index contributed by atoms with van der Waals surface area (Å²) in [5, 5.41) is 12.3. The summed E-state index contributed by atoms with van der Waals surface area (Å²) in [5.74, 6) is 0.660. The van der Waals surface area contributed by atoms with Gasteiger partial charge in [0, 0.05) is 17.5 Å². The van der Waals surface area contributed by atoms with Gasteiger partial charge in [-0.05, 0) is 44.5 Å². The fourth-order valence-electron chi connectivity index (χ4n) is 3.26. The fourth-order valence-corrected chi connectivity index (χ4v) is 4.06. The number of nitrogens with zero attached hydrogens (tertiary/aromatic N) is 2. The number of hydrogen-bond donors (Lipinski definition) is 1. The number of hydrogen-bond acceptors (Lipinski definition) is 6. The van der Waals surface area contributed by atoms with Crippen LogP contribution < -0.4 is 9.47 Å². The lowest BCUT2D eigenvalue weighted by molar-refractivity contribution is -0.144. The highest BCUT2D eigenvalue weighted by Gasteiger charge is 2.28. The SMILES string of the molecule is CCOc1ccc(-c2nc(CN3CCCCC3C(=O)O)cs2)cc1OC. The normalized spacial score (nSPS) is 17.8. The minimum Gasteiger partial charge on any atom is -0.493 e. The second-order valence-electron chi connectivity index (χ2n) is 6.26. The molecule has 1 aromatic carbocycles. The molecule has 1 aromatic heterocycles. The van der Waals surface area contributed by atoms with E-state index >= 15 is 0 Å². The van der Waals surface area contributed by atoms with Crippen molar-refractivity contribution in [3.63, 3.8) is 0 Å². The van der Waals surface area contributed by atoms with Gasteiger partial charge in [-0.2, -0.15) is 0 Å². The molecule has 0 radical (unpaired) electrons. The number of carboxylic acid groups (broad SMARTS) is 1. The van der Waals surface area contributed by atoms with Crippen LogP contribution in [0.5, 0.6) is 11.5 Å². The number of methoxy groups -OCH3 is 1. The first-order valence-electron chi connectivity index (χ1n) is 8.84. The molecule has 140 valence electrons. The molecule has 1 fully saturated rings. The summed E-state index contributed by atoms with van der Waals surface area (Å²) in [6.07, 6.45) is 2.72. The van der Waals surface area contributed by atoms with Gasteiger partial charge in [-0.1, -0.05) is 6.42 Å². The summed E-state index contributed by atoms with van der Waals surface area (Å²) in [7, 11) is 1.62. The Hall–Kier alpha value is -2.12. The van der Waals surface area contributed by atoms with Crippen LogP contribution in [0.15, 0.2) is 23.6 Å². The number of carboxylic acids is 1. The maximum atomic E-state index is 11.5. The van der Waals surface area contributed by atoms with E-state index in [9.17, 15) is 9.90 Å². The third-order valence-electron chi connectivity index (χ3n) is 4.53. The maximum Gasteiger partial charge on any atom is 0.320 e. The van der Waals surface area contributed by atoms with Gasteiger partial charge in [0.2, 0.25) is 0 Å². The molecule has 2 aromatic rings. The van der Waals surface area contributed by atoms with E-state index in [-0.39, 0.29) is 0 Å². The first kappa shape index (κ1) is 18.7. The summed E-state index contributed by atoms with van der Waals surface area (Å²) in [6.45, 7) is 3.89. The van der Waals surface area contributed by atoms with E-state index in [1.54, 1.807) is 18.4 Å². The van der Waals surface area contributed by atoms with E-state index in [0.29, 0.717) is 31.1 Å². The first-order chi connectivity index (χ1) is 12.6. The van der Waals surface area contributed by atoms with Gasteiger partial charge in [0.1, 0.15) is 11.0 Å². The molecule has 0 bridgehead atoms. The number of ether oxygens (including phenoxy) is 2. The zero-order valence-corrected chi connectivity index (χ0v) is 15.9. The van der Waals surface area contributed by atoms with Crippen molar-refractivity contribution >= 4 is 17.3 Å². The smallest absolute Gasteiger partial charge is 0.320 e. The van der Waals surface area contributed by atoms with Crippen molar-refractivity contribution in [2.45, 2.75) is 38.8 Å². The molecule has 1 atom stereocenters. The van der Waals surface area contributed by atoms with Gasteiger partial charge in [-0.15, -0.1) is 11.3 Å². The lowest BCUT2D eigenvalue weighted by atomic mass is 10.0. The maximum absolute atomic E-state index is 11.5. The molecular weight excluding hydrogens is 352 g/mol. The Labute approximate surface area is 157 Å². The zero-order chi connectivity index (χ0) is 18.5. The van der Waals surface area contributed by atoms with E-state index in [2.05, 4.69) is 0 Å². The Balaban J connectivity index is 1.76. The molecule has 3 rings (SSSR count). The first-order valence-corrected chi connectivity index (χ1v) is 9.72. The quantitative estimate of drug-likeness (QED) is 0.795. The van der Waals surface area contributed by atoms with Crippen LogP contribution in [0.3, 0.4) is 0 Å².